The molecule has 1 aliphatic heterocycles. The molecule has 1 atom stereocenters. The summed E-state index contributed by atoms with van der Waals surface area (Å²) in [5.41, 5.74) is 5.09. The minimum Gasteiger partial charge on any atom is -0.496 e. The lowest BCUT2D eigenvalue weighted by Crippen LogP contribution is -2.32. The quantitative estimate of drug-likeness (QED) is 0.797. The molecule has 0 aromatic heterocycles. The zero-order chi connectivity index (χ0) is 20.4. The van der Waals surface area contributed by atoms with Crippen molar-refractivity contribution in [3.8, 4) is 16.9 Å². The molecular formula is C23H28N2O3. The lowest BCUT2D eigenvalue weighted by molar-refractivity contribution is -0.126. The predicted octanol–water partition coefficient (Wildman–Crippen LogP) is 3.53. The van der Waals surface area contributed by atoms with Crippen LogP contribution in [0.5, 0.6) is 5.75 Å². The highest BCUT2D eigenvalue weighted by Crippen LogP contribution is 2.30. The Bertz CT molecular complexity index is 889. The SMILES string of the molecule is COc1cc(C)c(-c2ccc(C(=O)N(C)C[C@H]3CC(=O)N(C)C3)cc2)cc1C. The number of hydrogen-bond acceptors (Lipinski definition) is 3. The minimum absolute atomic E-state index is 0.0174. The topological polar surface area (TPSA) is 49.9 Å². The van der Waals surface area contributed by atoms with E-state index in [1.54, 1.807) is 24.0 Å². The molecule has 3 rings (SSSR count). The van der Waals surface area contributed by atoms with Crippen LogP contribution in [0.2, 0.25) is 0 Å². The van der Waals surface area contributed by atoms with Crippen molar-refractivity contribution in [1.29, 1.82) is 0 Å². The van der Waals surface area contributed by atoms with E-state index in [2.05, 4.69) is 13.0 Å². The molecule has 2 amide bonds. The zero-order valence-electron chi connectivity index (χ0n) is 17.3. The van der Waals surface area contributed by atoms with Crippen molar-refractivity contribution in [3.05, 3.63) is 53.1 Å². The molecule has 148 valence electrons. The molecule has 1 aliphatic rings. The number of benzene rings is 2. The summed E-state index contributed by atoms with van der Waals surface area (Å²) in [5, 5.41) is 0. The van der Waals surface area contributed by atoms with Gasteiger partial charge in [-0.3, -0.25) is 9.59 Å². The van der Waals surface area contributed by atoms with Gasteiger partial charge in [0.1, 0.15) is 5.75 Å². The number of ether oxygens (including phenoxy) is 1. The van der Waals surface area contributed by atoms with Gasteiger partial charge in [0.2, 0.25) is 5.91 Å². The van der Waals surface area contributed by atoms with Crippen molar-refractivity contribution in [2.75, 3.05) is 34.3 Å². The molecule has 0 N–H and O–H groups in total. The van der Waals surface area contributed by atoms with Gasteiger partial charge in [-0.1, -0.05) is 12.1 Å². The molecule has 1 heterocycles. The highest BCUT2D eigenvalue weighted by atomic mass is 16.5. The van der Waals surface area contributed by atoms with Gasteiger partial charge in [0.25, 0.3) is 5.91 Å². The fourth-order valence-electron chi connectivity index (χ4n) is 3.88. The maximum atomic E-state index is 12.8. The largest absolute Gasteiger partial charge is 0.496 e. The maximum absolute atomic E-state index is 12.8. The van der Waals surface area contributed by atoms with Gasteiger partial charge in [0.05, 0.1) is 7.11 Å². The van der Waals surface area contributed by atoms with Gasteiger partial charge in [0.15, 0.2) is 0 Å². The fourth-order valence-corrected chi connectivity index (χ4v) is 3.88. The van der Waals surface area contributed by atoms with Crippen LogP contribution in [0.1, 0.15) is 27.9 Å². The molecule has 5 heteroatoms. The lowest BCUT2D eigenvalue weighted by atomic mass is 9.97. The first-order valence-corrected chi connectivity index (χ1v) is 9.55. The summed E-state index contributed by atoms with van der Waals surface area (Å²) in [4.78, 5) is 27.9. The van der Waals surface area contributed by atoms with Gasteiger partial charge in [-0.15, -0.1) is 0 Å². The predicted molar refractivity (Wildman–Crippen MR) is 111 cm³/mol. The molecule has 28 heavy (non-hydrogen) atoms. The smallest absolute Gasteiger partial charge is 0.253 e. The second-order valence-electron chi connectivity index (χ2n) is 7.74. The van der Waals surface area contributed by atoms with E-state index < -0.39 is 0 Å². The van der Waals surface area contributed by atoms with Crippen LogP contribution in [0.3, 0.4) is 0 Å². The molecule has 0 aliphatic carbocycles. The number of amides is 2. The summed E-state index contributed by atoms with van der Waals surface area (Å²) in [5.74, 6) is 1.22. The Morgan fingerprint density at radius 2 is 1.86 bits per heavy atom. The van der Waals surface area contributed by atoms with E-state index >= 15 is 0 Å². The molecule has 1 saturated heterocycles. The van der Waals surface area contributed by atoms with Crippen LogP contribution in [0, 0.1) is 19.8 Å². The van der Waals surface area contributed by atoms with Crippen molar-refractivity contribution < 1.29 is 14.3 Å². The first-order valence-electron chi connectivity index (χ1n) is 9.55. The Balaban J connectivity index is 1.73. The van der Waals surface area contributed by atoms with E-state index in [0.717, 1.165) is 28.0 Å². The molecule has 1 fully saturated rings. The number of carbonyl (C=O) groups excluding carboxylic acids is 2. The number of rotatable bonds is 5. The highest BCUT2D eigenvalue weighted by Gasteiger charge is 2.28. The van der Waals surface area contributed by atoms with Crippen LogP contribution in [-0.2, 0) is 4.79 Å². The number of hydrogen-bond donors (Lipinski definition) is 0. The summed E-state index contributed by atoms with van der Waals surface area (Å²) >= 11 is 0. The lowest BCUT2D eigenvalue weighted by Gasteiger charge is -2.21. The van der Waals surface area contributed by atoms with Crippen LogP contribution in [0.4, 0.5) is 0 Å². The molecule has 2 aromatic carbocycles. The van der Waals surface area contributed by atoms with Gasteiger partial charge < -0.3 is 14.5 Å². The first kappa shape index (κ1) is 19.9. The third-order valence-electron chi connectivity index (χ3n) is 5.48. The van der Waals surface area contributed by atoms with Gasteiger partial charge in [-0.05, 0) is 60.4 Å². The molecule has 0 unspecified atom stereocenters. The number of carbonyl (C=O) groups is 2. The summed E-state index contributed by atoms with van der Waals surface area (Å²) in [6, 6.07) is 11.9. The average molecular weight is 380 g/mol. The van der Waals surface area contributed by atoms with Gasteiger partial charge in [-0.2, -0.15) is 0 Å². The molecule has 0 radical (unpaired) electrons. The highest BCUT2D eigenvalue weighted by molar-refractivity contribution is 5.94. The second kappa shape index (κ2) is 8.05. The zero-order valence-corrected chi connectivity index (χ0v) is 17.3. The monoisotopic (exact) mass is 380 g/mol. The van der Waals surface area contributed by atoms with Crippen LogP contribution < -0.4 is 4.74 Å². The minimum atomic E-state index is -0.0174. The first-order chi connectivity index (χ1) is 13.3. The average Bonchev–Trinajstić information content (AvgIpc) is 2.99. The second-order valence-corrected chi connectivity index (χ2v) is 7.74. The Morgan fingerprint density at radius 3 is 2.43 bits per heavy atom. The van der Waals surface area contributed by atoms with E-state index in [1.807, 2.05) is 44.3 Å². The third-order valence-corrected chi connectivity index (χ3v) is 5.48. The molecule has 5 nitrogen and oxygen atoms in total. The molecule has 0 saturated carbocycles. The van der Waals surface area contributed by atoms with Gasteiger partial charge >= 0.3 is 0 Å². The van der Waals surface area contributed by atoms with Crippen molar-refractivity contribution in [1.82, 2.24) is 9.80 Å². The standard InChI is InChI=1S/C23H28N2O3/c1-15-11-21(28-5)16(2)10-20(15)18-6-8-19(9-7-18)23(27)25(4)14-17-12-22(26)24(3)13-17/h6-11,17H,12-14H2,1-5H3/t17-/m0/s1. The Kier molecular flexibility index (Phi) is 5.73. The van der Waals surface area contributed by atoms with E-state index in [-0.39, 0.29) is 17.7 Å². The van der Waals surface area contributed by atoms with Crippen LogP contribution in [0.15, 0.2) is 36.4 Å². The Morgan fingerprint density at radius 1 is 1.18 bits per heavy atom. The van der Waals surface area contributed by atoms with Crippen LogP contribution in [-0.4, -0.2) is 55.9 Å². The van der Waals surface area contributed by atoms with Crippen molar-refractivity contribution in [3.63, 3.8) is 0 Å². The summed E-state index contributed by atoms with van der Waals surface area (Å²) in [6.07, 6.45) is 0.517. The Hall–Kier alpha value is -2.82. The fraction of sp³-hybridized carbons (Fsp3) is 0.391. The van der Waals surface area contributed by atoms with Gasteiger partial charge in [-0.25, -0.2) is 0 Å². The number of nitrogens with zero attached hydrogens (tertiary/aromatic N) is 2. The number of methoxy groups -OCH3 is 1. The van der Waals surface area contributed by atoms with E-state index in [1.165, 1.54) is 0 Å². The van der Waals surface area contributed by atoms with Crippen LogP contribution in [0.25, 0.3) is 11.1 Å². The van der Waals surface area contributed by atoms with Crippen molar-refractivity contribution in [2.45, 2.75) is 20.3 Å². The van der Waals surface area contributed by atoms with E-state index in [4.69, 9.17) is 4.74 Å². The third kappa shape index (κ3) is 4.03. The molecule has 2 aromatic rings. The Labute approximate surface area is 166 Å². The van der Waals surface area contributed by atoms with Crippen molar-refractivity contribution in [2.24, 2.45) is 5.92 Å². The molecule has 0 spiro atoms. The van der Waals surface area contributed by atoms with E-state index in [0.29, 0.717) is 25.1 Å². The molecule has 0 bridgehead atoms. The summed E-state index contributed by atoms with van der Waals surface area (Å²) in [7, 11) is 5.29. The maximum Gasteiger partial charge on any atom is 0.253 e. The number of likely N-dealkylation sites (tertiary alicyclic amines) is 1. The normalized spacial score (nSPS) is 16.4. The number of aryl methyl sites for hydroxylation is 2. The van der Waals surface area contributed by atoms with Gasteiger partial charge in [0, 0.05) is 45.1 Å². The summed E-state index contributed by atoms with van der Waals surface area (Å²) in [6.45, 7) is 5.39. The van der Waals surface area contributed by atoms with Crippen LogP contribution >= 0.6 is 0 Å². The van der Waals surface area contributed by atoms with Crippen molar-refractivity contribution >= 4 is 11.8 Å². The summed E-state index contributed by atoms with van der Waals surface area (Å²) < 4.78 is 5.39. The molecular weight excluding hydrogens is 352 g/mol. The van der Waals surface area contributed by atoms with E-state index in [9.17, 15) is 9.59 Å².